The average Bonchev–Trinajstić information content (AvgIpc) is 2.58. The van der Waals surface area contributed by atoms with Crippen LogP contribution in [0.1, 0.15) is 0 Å². The summed E-state index contributed by atoms with van der Waals surface area (Å²) in [5, 5.41) is 12.6. The maximum Gasteiger partial charge on any atom is 0.215 e. The van der Waals surface area contributed by atoms with Crippen LogP contribution >= 0.6 is 23.4 Å². The Labute approximate surface area is 94.8 Å². The minimum Gasteiger partial charge on any atom is -0.397 e. The first-order valence-electron chi connectivity index (χ1n) is 3.99. The summed E-state index contributed by atoms with van der Waals surface area (Å²) in [6, 6.07) is 3.33. The topological polar surface area (TPSA) is 82.5 Å². The molecule has 8 heteroatoms. The number of nitrogen functional groups attached to an aromatic ring is 1. The summed E-state index contributed by atoms with van der Waals surface area (Å²) < 4.78 is 1.53. The summed E-state index contributed by atoms with van der Waals surface area (Å²) in [7, 11) is 1.74. The van der Waals surface area contributed by atoms with Gasteiger partial charge in [-0.15, -0.1) is 5.10 Å². The van der Waals surface area contributed by atoms with Crippen molar-refractivity contribution in [2.75, 3.05) is 5.73 Å². The van der Waals surface area contributed by atoms with Crippen LogP contribution in [0, 0.1) is 0 Å². The highest BCUT2D eigenvalue weighted by molar-refractivity contribution is 7.99. The molecule has 0 bridgehead atoms. The normalized spacial score (nSPS) is 10.5. The SMILES string of the molecule is Cn1nnnc1Sc1nc(Cl)ccc1N. The summed E-state index contributed by atoms with van der Waals surface area (Å²) in [5.74, 6) is 0. The molecule has 2 aromatic rings. The molecule has 0 aliphatic heterocycles. The molecule has 0 radical (unpaired) electrons. The fourth-order valence-corrected chi connectivity index (χ4v) is 1.85. The van der Waals surface area contributed by atoms with Crippen molar-refractivity contribution < 1.29 is 0 Å². The molecule has 0 unspecified atom stereocenters. The van der Waals surface area contributed by atoms with Gasteiger partial charge in [0.25, 0.3) is 0 Å². The lowest BCUT2D eigenvalue weighted by atomic mass is 10.4. The zero-order valence-corrected chi connectivity index (χ0v) is 9.33. The summed E-state index contributed by atoms with van der Waals surface area (Å²) in [5.41, 5.74) is 6.28. The fraction of sp³-hybridized carbons (Fsp3) is 0.143. The van der Waals surface area contributed by atoms with E-state index in [2.05, 4.69) is 20.5 Å². The molecular formula is C7H7ClN6S. The first kappa shape index (κ1) is 10.2. The van der Waals surface area contributed by atoms with Gasteiger partial charge in [0, 0.05) is 7.05 Å². The van der Waals surface area contributed by atoms with E-state index in [1.807, 2.05) is 0 Å². The van der Waals surface area contributed by atoms with Crippen LogP contribution in [0.4, 0.5) is 5.69 Å². The number of halogens is 1. The number of pyridine rings is 1. The lowest BCUT2D eigenvalue weighted by Gasteiger charge is -2.02. The predicted octanol–water partition coefficient (Wildman–Crippen LogP) is 0.992. The maximum absolute atomic E-state index is 5.76. The number of tetrazole rings is 1. The molecule has 2 heterocycles. The van der Waals surface area contributed by atoms with Gasteiger partial charge in [0.15, 0.2) is 0 Å². The van der Waals surface area contributed by atoms with E-state index in [9.17, 15) is 0 Å². The lowest BCUT2D eigenvalue weighted by Crippen LogP contribution is -1.96. The van der Waals surface area contributed by atoms with Crippen LogP contribution in [0.25, 0.3) is 0 Å². The third kappa shape index (κ3) is 2.18. The highest BCUT2D eigenvalue weighted by Crippen LogP contribution is 2.28. The quantitative estimate of drug-likeness (QED) is 0.791. The molecule has 2 N–H and O–H groups in total. The Balaban J connectivity index is 2.32. The lowest BCUT2D eigenvalue weighted by molar-refractivity contribution is 0.664. The standard InChI is InChI=1S/C7H7ClN6S/c1-14-7(11-12-13-14)15-6-4(9)2-3-5(8)10-6/h2-3H,9H2,1H3. The minimum absolute atomic E-state index is 0.391. The monoisotopic (exact) mass is 242 g/mol. The molecule has 0 saturated carbocycles. The van der Waals surface area contributed by atoms with Crippen molar-refractivity contribution in [1.82, 2.24) is 25.2 Å². The summed E-state index contributed by atoms with van der Waals surface area (Å²) in [4.78, 5) is 4.08. The van der Waals surface area contributed by atoms with E-state index in [1.54, 1.807) is 19.2 Å². The molecule has 2 rings (SSSR count). The molecule has 6 nitrogen and oxygen atoms in total. The molecule has 0 spiro atoms. The van der Waals surface area contributed by atoms with Gasteiger partial charge < -0.3 is 5.73 Å². The van der Waals surface area contributed by atoms with Crippen molar-refractivity contribution in [2.24, 2.45) is 7.05 Å². The Bertz CT molecular complexity index is 484. The van der Waals surface area contributed by atoms with Gasteiger partial charge in [0.05, 0.1) is 5.69 Å². The first-order valence-corrected chi connectivity index (χ1v) is 5.18. The molecular weight excluding hydrogens is 236 g/mol. The van der Waals surface area contributed by atoms with Crippen molar-refractivity contribution in [1.29, 1.82) is 0 Å². The second-order valence-corrected chi connectivity index (χ2v) is 4.06. The Morgan fingerprint density at radius 1 is 1.47 bits per heavy atom. The van der Waals surface area contributed by atoms with E-state index < -0.39 is 0 Å². The number of anilines is 1. The Morgan fingerprint density at radius 2 is 2.27 bits per heavy atom. The van der Waals surface area contributed by atoms with Crippen molar-refractivity contribution in [3.63, 3.8) is 0 Å². The third-order valence-electron chi connectivity index (χ3n) is 1.62. The summed E-state index contributed by atoms with van der Waals surface area (Å²) >= 11 is 7.03. The number of hydrogen-bond donors (Lipinski definition) is 1. The van der Waals surface area contributed by atoms with Crippen molar-refractivity contribution >= 4 is 29.1 Å². The minimum atomic E-state index is 0.391. The van der Waals surface area contributed by atoms with Crippen LogP contribution in [0.2, 0.25) is 5.15 Å². The molecule has 0 aliphatic rings. The van der Waals surface area contributed by atoms with Crippen LogP contribution in [0.15, 0.2) is 22.3 Å². The summed E-state index contributed by atoms with van der Waals surface area (Å²) in [6.45, 7) is 0. The van der Waals surface area contributed by atoms with E-state index in [0.717, 1.165) is 0 Å². The maximum atomic E-state index is 5.76. The number of rotatable bonds is 2. The van der Waals surface area contributed by atoms with Gasteiger partial charge in [-0.25, -0.2) is 9.67 Å². The van der Waals surface area contributed by atoms with Gasteiger partial charge in [-0.1, -0.05) is 11.6 Å². The highest BCUT2D eigenvalue weighted by Gasteiger charge is 2.09. The molecule has 0 fully saturated rings. The zero-order valence-electron chi connectivity index (χ0n) is 7.75. The Hall–Kier alpha value is -1.34. The number of nitrogens with zero attached hydrogens (tertiary/aromatic N) is 5. The van der Waals surface area contributed by atoms with Gasteiger partial charge >= 0.3 is 0 Å². The number of nitrogens with two attached hydrogens (primary N) is 1. The van der Waals surface area contributed by atoms with Gasteiger partial charge in [-0.05, 0) is 34.3 Å². The molecule has 2 aromatic heterocycles. The van der Waals surface area contributed by atoms with E-state index >= 15 is 0 Å². The van der Waals surface area contributed by atoms with Crippen LogP contribution in [0.5, 0.6) is 0 Å². The first-order chi connectivity index (χ1) is 7.16. The third-order valence-corrected chi connectivity index (χ3v) is 2.88. The summed E-state index contributed by atoms with van der Waals surface area (Å²) in [6.07, 6.45) is 0. The van der Waals surface area contributed by atoms with E-state index in [-0.39, 0.29) is 0 Å². The van der Waals surface area contributed by atoms with E-state index in [0.29, 0.717) is 21.0 Å². The van der Waals surface area contributed by atoms with Crippen LogP contribution in [-0.2, 0) is 7.05 Å². The fourth-order valence-electron chi connectivity index (χ4n) is 0.905. The smallest absolute Gasteiger partial charge is 0.215 e. The molecule has 0 aliphatic carbocycles. The molecule has 0 amide bonds. The largest absolute Gasteiger partial charge is 0.397 e. The van der Waals surface area contributed by atoms with Gasteiger partial charge in [0.2, 0.25) is 5.16 Å². The van der Waals surface area contributed by atoms with E-state index in [4.69, 9.17) is 17.3 Å². The number of hydrogen-bond acceptors (Lipinski definition) is 6. The molecule has 0 atom stereocenters. The second kappa shape index (κ2) is 4.03. The van der Waals surface area contributed by atoms with Crippen molar-refractivity contribution in [3.8, 4) is 0 Å². The van der Waals surface area contributed by atoms with Crippen LogP contribution in [0.3, 0.4) is 0 Å². The number of aryl methyl sites for hydroxylation is 1. The van der Waals surface area contributed by atoms with Gasteiger partial charge in [-0.2, -0.15) is 0 Å². The highest BCUT2D eigenvalue weighted by atomic mass is 35.5. The van der Waals surface area contributed by atoms with Gasteiger partial charge in [-0.3, -0.25) is 0 Å². The molecule has 15 heavy (non-hydrogen) atoms. The number of aromatic nitrogens is 5. The Morgan fingerprint density at radius 3 is 2.93 bits per heavy atom. The molecule has 0 saturated heterocycles. The van der Waals surface area contributed by atoms with Crippen molar-refractivity contribution in [3.05, 3.63) is 17.3 Å². The average molecular weight is 243 g/mol. The van der Waals surface area contributed by atoms with Crippen LogP contribution in [-0.4, -0.2) is 25.2 Å². The predicted molar refractivity (Wildman–Crippen MR) is 56.6 cm³/mol. The van der Waals surface area contributed by atoms with E-state index in [1.165, 1.54) is 16.4 Å². The Kier molecular flexibility index (Phi) is 2.74. The second-order valence-electron chi connectivity index (χ2n) is 2.72. The van der Waals surface area contributed by atoms with Crippen molar-refractivity contribution in [2.45, 2.75) is 10.2 Å². The molecule has 78 valence electrons. The van der Waals surface area contributed by atoms with Gasteiger partial charge in [0.1, 0.15) is 10.2 Å². The van der Waals surface area contributed by atoms with Crippen LogP contribution < -0.4 is 5.73 Å². The zero-order chi connectivity index (χ0) is 10.8. The molecule has 0 aromatic carbocycles.